The molecule has 186 valence electrons. The van der Waals surface area contributed by atoms with E-state index < -0.39 is 0 Å². The van der Waals surface area contributed by atoms with E-state index in [0.29, 0.717) is 0 Å². The minimum absolute atomic E-state index is 0.246. The topological polar surface area (TPSA) is 21.3 Å². The summed E-state index contributed by atoms with van der Waals surface area (Å²) in [5.74, 6) is 1.44. The number of allylic oxidation sites excluding steroid dienone is 2. The van der Waals surface area contributed by atoms with Crippen LogP contribution in [-0.2, 0) is 0 Å². The van der Waals surface area contributed by atoms with Gasteiger partial charge in [0.15, 0.2) is 0 Å². The van der Waals surface area contributed by atoms with Gasteiger partial charge in [0.25, 0.3) is 0 Å². The van der Waals surface area contributed by atoms with Gasteiger partial charge in [-0.15, -0.1) is 0 Å². The molecule has 0 fully saturated rings. The number of hydrogen-bond donors (Lipinski definition) is 1. The number of rotatable bonds is 2. The van der Waals surface area contributed by atoms with Crippen molar-refractivity contribution >= 4 is 49.8 Å². The van der Waals surface area contributed by atoms with Crippen LogP contribution in [0.1, 0.15) is 17.2 Å². The van der Waals surface area contributed by atoms with E-state index in [1.165, 1.54) is 32.3 Å². The Morgan fingerprint density at radius 2 is 1.26 bits per heavy atom. The third kappa shape index (κ3) is 3.71. The fourth-order valence-corrected chi connectivity index (χ4v) is 6.75. The van der Waals surface area contributed by atoms with Gasteiger partial charge < -0.3 is 10.1 Å². The lowest BCUT2D eigenvalue weighted by molar-refractivity contribution is 0.454. The predicted molar refractivity (Wildman–Crippen MR) is 159 cm³/mol. The lowest BCUT2D eigenvalue weighted by atomic mass is 9.91. The van der Waals surface area contributed by atoms with Crippen LogP contribution in [0.15, 0.2) is 137 Å². The zero-order chi connectivity index (χ0) is 25.9. The molecular weight excluding hydrogens is 501 g/mol. The van der Waals surface area contributed by atoms with Crippen LogP contribution in [0.3, 0.4) is 0 Å². The number of halogens is 1. The van der Waals surface area contributed by atoms with E-state index >= 15 is 4.39 Å². The predicted octanol–water partition coefficient (Wildman–Crippen LogP) is 9.94. The second kappa shape index (κ2) is 8.75. The molecule has 1 atom stereocenters. The van der Waals surface area contributed by atoms with Crippen LogP contribution in [0.5, 0.6) is 11.5 Å². The van der Waals surface area contributed by atoms with E-state index in [9.17, 15) is 0 Å². The number of ether oxygens (including phenoxy) is 1. The van der Waals surface area contributed by atoms with Gasteiger partial charge in [-0.05, 0) is 92.0 Å². The van der Waals surface area contributed by atoms with Crippen LogP contribution in [0.25, 0.3) is 38.0 Å². The normalized spacial score (nSPS) is 16.2. The highest BCUT2D eigenvalue weighted by Crippen LogP contribution is 2.47. The molecule has 1 unspecified atom stereocenters. The molecule has 6 aromatic rings. The summed E-state index contributed by atoms with van der Waals surface area (Å²) in [6.07, 6.45) is 3.23. The van der Waals surface area contributed by atoms with Crippen molar-refractivity contribution in [2.24, 2.45) is 0 Å². The van der Waals surface area contributed by atoms with Crippen LogP contribution in [0.2, 0.25) is 0 Å². The van der Waals surface area contributed by atoms with Crippen molar-refractivity contribution in [3.63, 3.8) is 0 Å². The molecule has 39 heavy (non-hydrogen) atoms. The molecule has 0 aromatic heterocycles. The molecule has 2 aliphatic rings. The fourth-order valence-electron chi connectivity index (χ4n) is 5.76. The minimum atomic E-state index is -0.291. The average Bonchev–Trinajstić information content (AvgIpc) is 2.99. The molecule has 1 N–H and O–H groups in total. The van der Waals surface area contributed by atoms with E-state index in [1.54, 1.807) is 23.9 Å². The van der Waals surface area contributed by atoms with Gasteiger partial charge in [-0.2, -0.15) is 0 Å². The first-order valence-corrected chi connectivity index (χ1v) is 13.8. The lowest BCUT2D eigenvalue weighted by Gasteiger charge is -2.25. The molecule has 0 spiro atoms. The van der Waals surface area contributed by atoms with E-state index in [1.807, 2.05) is 30.3 Å². The SMILES string of the molecule is FC1=CC(c2ccc3c4ccccc4c4ccccc4c3c2)NC(c2ccc3c(c2)Sc2ccccc2O3)=C1. The highest BCUT2D eigenvalue weighted by atomic mass is 32.2. The molecule has 6 aromatic carbocycles. The molecule has 0 bridgehead atoms. The monoisotopic (exact) mass is 523 g/mol. The molecule has 4 heteroatoms. The Hall–Kier alpha value is -4.54. The largest absolute Gasteiger partial charge is 0.455 e. The summed E-state index contributed by atoms with van der Waals surface area (Å²) >= 11 is 1.67. The third-order valence-corrected chi connectivity index (χ3v) is 8.69. The smallest absolute Gasteiger partial charge is 0.141 e. The van der Waals surface area contributed by atoms with Gasteiger partial charge in [0.2, 0.25) is 0 Å². The Bertz CT molecular complexity index is 1990. The van der Waals surface area contributed by atoms with Crippen LogP contribution in [-0.4, -0.2) is 0 Å². The summed E-state index contributed by atoms with van der Waals surface area (Å²) in [6.45, 7) is 0. The number of benzene rings is 6. The van der Waals surface area contributed by atoms with Gasteiger partial charge in [0.1, 0.15) is 17.3 Å². The zero-order valence-electron chi connectivity index (χ0n) is 20.8. The molecule has 2 heterocycles. The maximum atomic E-state index is 15.1. The highest BCUT2D eigenvalue weighted by molar-refractivity contribution is 7.99. The summed E-state index contributed by atoms with van der Waals surface area (Å²) < 4.78 is 21.2. The number of fused-ring (bicyclic) bond motifs is 8. The Morgan fingerprint density at radius 1 is 0.615 bits per heavy atom. The van der Waals surface area contributed by atoms with Crippen molar-refractivity contribution in [1.29, 1.82) is 0 Å². The molecule has 0 amide bonds. The molecule has 0 saturated carbocycles. The van der Waals surface area contributed by atoms with Gasteiger partial charge >= 0.3 is 0 Å². The van der Waals surface area contributed by atoms with Gasteiger partial charge in [-0.3, -0.25) is 0 Å². The van der Waals surface area contributed by atoms with E-state index in [2.05, 4.69) is 84.2 Å². The van der Waals surface area contributed by atoms with E-state index in [-0.39, 0.29) is 11.9 Å². The van der Waals surface area contributed by atoms with Crippen molar-refractivity contribution in [3.8, 4) is 11.5 Å². The van der Waals surface area contributed by atoms with Gasteiger partial charge in [-0.25, -0.2) is 4.39 Å². The Labute approximate surface area is 229 Å². The summed E-state index contributed by atoms with van der Waals surface area (Å²) in [7, 11) is 0. The molecule has 2 aliphatic heterocycles. The van der Waals surface area contributed by atoms with E-state index in [0.717, 1.165) is 38.1 Å². The van der Waals surface area contributed by atoms with Crippen LogP contribution in [0.4, 0.5) is 4.39 Å². The average molecular weight is 524 g/mol. The van der Waals surface area contributed by atoms with Crippen LogP contribution in [0, 0.1) is 0 Å². The number of dihydropyridines is 1. The Morgan fingerprint density at radius 3 is 2.03 bits per heavy atom. The van der Waals surface area contributed by atoms with Gasteiger partial charge in [-0.1, -0.05) is 84.6 Å². The maximum Gasteiger partial charge on any atom is 0.141 e. The maximum absolute atomic E-state index is 15.1. The van der Waals surface area contributed by atoms with Gasteiger partial charge in [0, 0.05) is 5.70 Å². The molecule has 2 nitrogen and oxygen atoms in total. The molecule has 8 rings (SSSR count). The number of hydrogen-bond acceptors (Lipinski definition) is 3. The van der Waals surface area contributed by atoms with Crippen LogP contribution >= 0.6 is 11.8 Å². The van der Waals surface area contributed by atoms with Crippen LogP contribution < -0.4 is 10.1 Å². The summed E-state index contributed by atoms with van der Waals surface area (Å²) in [6, 6.07) is 37.3. The number of para-hydroxylation sites is 1. The van der Waals surface area contributed by atoms with Crippen molar-refractivity contribution in [2.75, 3.05) is 0 Å². The first-order valence-electron chi connectivity index (χ1n) is 13.0. The first-order chi connectivity index (χ1) is 19.2. The van der Waals surface area contributed by atoms with Gasteiger partial charge in [0.05, 0.1) is 15.8 Å². The summed E-state index contributed by atoms with van der Waals surface area (Å²) in [4.78, 5) is 2.09. The second-order valence-electron chi connectivity index (χ2n) is 9.94. The third-order valence-electron chi connectivity index (χ3n) is 7.59. The Balaban J connectivity index is 1.18. The quantitative estimate of drug-likeness (QED) is 0.228. The number of nitrogens with one attached hydrogen (secondary N) is 1. The van der Waals surface area contributed by atoms with E-state index in [4.69, 9.17) is 4.74 Å². The zero-order valence-corrected chi connectivity index (χ0v) is 21.6. The fraction of sp³-hybridized carbons (Fsp3) is 0.0286. The molecule has 0 radical (unpaired) electrons. The van der Waals surface area contributed by atoms with Crippen molar-refractivity contribution in [1.82, 2.24) is 5.32 Å². The van der Waals surface area contributed by atoms with Crippen molar-refractivity contribution in [2.45, 2.75) is 15.8 Å². The lowest BCUT2D eigenvalue weighted by Crippen LogP contribution is -2.21. The standard InChI is InChI=1S/C35H22FNOS/c36-23-19-30(37-31(20-23)22-14-16-33-35(18-22)39-34-12-6-5-11-32(34)38-33)21-13-15-28-26-9-2-1-7-24(26)25-8-3-4-10-27(25)29(28)17-21/h1-20,30,37H. The minimum Gasteiger partial charge on any atom is -0.455 e. The molecule has 0 saturated heterocycles. The summed E-state index contributed by atoms with van der Waals surface area (Å²) in [5.41, 5.74) is 2.70. The first kappa shape index (κ1) is 22.4. The molecule has 0 aliphatic carbocycles. The highest BCUT2D eigenvalue weighted by Gasteiger charge is 2.22. The van der Waals surface area contributed by atoms with Crippen molar-refractivity contribution < 1.29 is 9.13 Å². The summed E-state index contributed by atoms with van der Waals surface area (Å²) in [5, 5.41) is 10.9. The van der Waals surface area contributed by atoms with Crippen molar-refractivity contribution in [3.05, 3.63) is 138 Å². The molecular formula is C35H22FNOS. The second-order valence-corrected chi connectivity index (χ2v) is 11.0. The Kier molecular flexibility index (Phi) is 5.04.